The van der Waals surface area contributed by atoms with Crippen LogP contribution in [0, 0.1) is 14.9 Å². The maximum atomic E-state index is 4.50. The van der Waals surface area contributed by atoms with Gasteiger partial charge in [0.05, 0.1) is 0 Å². The van der Waals surface area contributed by atoms with E-state index in [1.807, 2.05) is 0 Å². The van der Waals surface area contributed by atoms with Crippen LogP contribution < -0.4 is 0 Å². The molecule has 0 fully saturated rings. The molecule has 0 atom stereocenters. The minimum atomic E-state index is 0. The van der Waals surface area contributed by atoms with Gasteiger partial charge in [-0.1, -0.05) is 0 Å². The molecule has 0 aliphatic carbocycles. The molecule has 0 aliphatic heterocycles. The largest absolute Gasteiger partial charge is 0.631 e. The van der Waals surface area contributed by atoms with E-state index in [2.05, 4.69) is 7.85 Å². The second kappa shape index (κ2) is 112. The van der Waals surface area contributed by atoms with Crippen molar-refractivity contribution in [3.05, 3.63) is 14.9 Å². The van der Waals surface area contributed by atoms with Crippen molar-refractivity contribution >= 4 is 7.85 Å². The third-order valence-corrected chi connectivity index (χ3v) is 0. The molecule has 0 amide bonds. The van der Waals surface area contributed by atoms with Crippen LogP contribution in [-0.4, -0.2) is 7.85 Å². The molecule has 0 unspecified atom stereocenters. The molecule has 0 heterocycles. The van der Waals surface area contributed by atoms with Crippen LogP contribution in [0.25, 0.3) is 0 Å². The molecule has 0 saturated carbocycles. The fourth-order valence-corrected chi connectivity index (χ4v) is 0. The van der Waals surface area contributed by atoms with Crippen LogP contribution in [0.1, 0.15) is 0 Å². The van der Waals surface area contributed by atoms with E-state index in [4.69, 9.17) is 0 Å². The van der Waals surface area contributed by atoms with Crippen LogP contribution in [0.5, 0.6) is 0 Å². The molecule has 0 saturated heterocycles. The van der Waals surface area contributed by atoms with E-state index in [-0.39, 0.29) is 375 Å². The Kier molecular flexibility index (Phi) is 798. The predicted molar refractivity (Wildman–Crippen MR) is 24.4 cm³/mol. The Hall–Kier alpha value is 12.2. The summed E-state index contributed by atoms with van der Waals surface area (Å²) < 4.78 is 0. The summed E-state index contributed by atoms with van der Waals surface area (Å²) in [5.41, 5.74) is 0. The van der Waals surface area contributed by atoms with Gasteiger partial charge in [-0.2, -0.15) is 0 Å². The van der Waals surface area contributed by atoms with Crippen molar-refractivity contribution in [2.24, 2.45) is 0 Å². The number of hydrogen-bond donors (Lipinski definition) is 0. The van der Waals surface area contributed by atoms with Crippen LogP contribution in [-0.2, 0) is 360 Å². The normalized spacial score (nSPS) is 0.400. The summed E-state index contributed by atoms with van der Waals surface area (Å²) in [6.45, 7) is 1.50. The van der Waals surface area contributed by atoms with E-state index < -0.39 is 0 Å². The van der Waals surface area contributed by atoms with Crippen LogP contribution in [0.2, 0.25) is 6.82 Å². The SMILES string of the molecule is [B-]C.[CH3-].[CH3-].[Y].[Y].[Y].[Y].[Y].[Y].[Y].[Y].[Y].[Y].[Y]. The summed E-state index contributed by atoms with van der Waals surface area (Å²) in [5, 5.41) is 0. The van der Waals surface area contributed by atoms with Crippen LogP contribution in [0.3, 0.4) is 0 Å². The van der Waals surface area contributed by atoms with E-state index in [0.717, 1.165) is 0 Å². The summed E-state index contributed by atoms with van der Waals surface area (Å²) in [6, 6.07) is 0. The Balaban J connectivity index is -0.0000000000641. The minimum absolute atomic E-state index is 0. The van der Waals surface area contributed by atoms with Gasteiger partial charge in [-0.25, -0.2) is 0 Å². The third kappa shape index (κ3) is 103. The zero-order valence-electron chi connectivity index (χ0n) is 9.93. The fraction of sp³-hybridized carbons (Fsp3) is 0.333. The Bertz CT molecular complexity index is 15.8. The van der Waals surface area contributed by atoms with Gasteiger partial charge in [0, 0.05) is 360 Å². The van der Waals surface area contributed by atoms with Crippen molar-refractivity contribution in [3.63, 3.8) is 0 Å². The first-order valence-corrected chi connectivity index (χ1v) is 0.577. The smallest absolute Gasteiger partial charge is 0 e. The van der Waals surface area contributed by atoms with Gasteiger partial charge in [-0.15, -0.1) is 0 Å². The topological polar surface area (TPSA) is 0 Å². The van der Waals surface area contributed by atoms with Gasteiger partial charge >= 0.3 is 0 Å². The molecule has 12 heteroatoms. The Morgan fingerprint density at radius 2 is 0.333 bits per heavy atom. The second-order valence-electron chi connectivity index (χ2n) is 0. The van der Waals surface area contributed by atoms with Crippen molar-refractivity contribution < 1.29 is 360 Å². The molecular formula is C3H9BY11-3. The van der Waals surface area contributed by atoms with Gasteiger partial charge < -0.3 is 22.7 Å². The van der Waals surface area contributed by atoms with E-state index in [1.165, 1.54) is 6.82 Å². The molecule has 60 valence electrons. The van der Waals surface area contributed by atoms with Gasteiger partial charge in [0.15, 0.2) is 0 Å². The van der Waals surface area contributed by atoms with Crippen LogP contribution in [0.15, 0.2) is 0 Å². The van der Waals surface area contributed by atoms with Gasteiger partial charge in [0.2, 0.25) is 0 Å². The average molecular weight is 1030 g/mol. The number of hydrogen-bond acceptors (Lipinski definition) is 0. The molecule has 15 heavy (non-hydrogen) atoms. The maximum absolute atomic E-state index is 4.50. The fourth-order valence-electron chi connectivity index (χ4n) is 0. The minimum Gasteiger partial charge on any atom is -0.631 e. The molecule has 0 N–H and O–H groups in total. The quantitative estimate of drug-likeness (QED) is 0.252. The van der Waals surface area contributed by atoms with E-state index in [9.17, 15) is 0 Å². The standard InChI is InChI=1S/CH3B.2CH3.11Y/c1-2;;;;;;;;;;;;;/h1H3;2*1H3;;;;;;;;;;;/q3*-1;;;;;;;;;;;. The average Bonchev–Trinajstić information content (AvgIpc) is 1.00. The maximum Gasteiger partial charge on any atom is 0 e. The molecule has 0 aliphatic rings. The Labute approximate surface area is 376 Å². The first-order valence-electron chi connectivity index (χ1n) is 0.577. The molecule has 0 aromatic rings. The van der Waals surface area contributed by atoms with Crippen LogP contribution in [0.4, 0.5) is 0 Å². The molecule has 0 spiro atoms. The van der Waals surface area contributed by atoms with E-state index in [1.54, 1.807) is 0 Å². The van der Waals surface area contributed by atoms with Gasteiger partial charge in [-0.05, 0) is 0 Å². The molecule has 0 nitrogen and oxygen atoms in total. The summed E-state index contributed by atoms with van der Waals surface area (Å²) in [6.07, 6.45) is 0. The van der Waals surface area contributed by atoms with Crippen molar-refractivity contribution in [3.8, 4) is 0 Å². The van der Waals surface area contributed by atoms with E-state index >= 15 is 0 Å². The third-order valence-electron chi connectivity index (χ3n) is 0. The first kappa shape index (κ1) is 107. The molecule has 0 aromatic heterocycles. The monoisotopic (exact) mass is 1030 g/mol. The van der Waals surface area contributed by atoms with Gasteiger partial charge in [0.25, 0.3) is 0 Å². The van der Waals surface area contributed by atoms with Gasteiger partial charge in [0.1, 0.15) is 0 Å². The predicted octanol–water partition coefficient (Wildman–Crippen LogP) is 1.08. The number of rotatable bonds is 0. The summed E-state index contributed by atoms with van der Waals surface area (Å²) >= 11 is 0. The van der Waals surface area contributed by atoms with Crippen molar-refractivity contribution in [1.29, 1.82) is 0 Å². The van der Waals surface area contributed by atoms with Crippen molar-refractivity contribution in [1.82, 2.24) is 0 Å². The summed E-state index contributed by atoms with van der Waals surface area (Å²) in [7, 11) is 4.50. The van der Waals surface area contributed by atoms with Gasteiger partial charge in [-0.3, -0.25) is 6.82 Å². The molecule has 0 bridgehead atoms. The van der Waals surface area contributed by atoms with Crippen LogP contribution >= 0.6 is 0 Å². The Morgan fingerprint density at radius 1 is 0.333 bits per heavy atom. The zero-order chi connectivity index (χ0) is 2.00. The molecule has 14 radical (unpaired) electrons. The summed E-state index contributed by atoms with van der Waals surface area (Å²) in [5.74, 6) is 0. The molecule has 0 rings (SSSR count). The second-order valence-corrected chi connectivity index (χ2v) is 0. The van der Waals surface area contributed by atoms with Crippen molar-refractivity contribution in [2.75, 3.05) is 0 Å². The Morgan fingerprint density at radius 3 is 0.333 bits per heavy atom. The zero-order valence-corrected chi connectivity index (χ0v) is 41.1. The summed E-state index contributed by atoms with van der Waals surface area (Å²) in [4.78, 5) is 0. The van der Waals surface area contributed by atoms with E-state index in [0.29, 0.717) is 0 Å². The van der Waals surface area contributed by atoms with Crippen molar-refractivity contribution in [2.45, 2.75) is 6.82 Å². The molecular weight excluding hydrogens is 1020 g/mol. The first-order chi connectivity index (χ1) is 1.00. The molecule has 0 aromatic carbocycles.